The molecule has 2 N–H and O–H groups in total. The van der Waals surface area contributed by atoms with Crippen LogP contribution >= 0.6 is 0 Å². The number of nitrogens with two attached hydrogens (primary N) is 1. The van der Waals surface area contributed by atoms with Crippen molar-refractivity contribution >= 4 is 16.5 Å². The summed E-state index contributed by atoms with van der Waals surface area (Å²) >= 11 is 0. The third-order valence-corrected chi connectivity index (χ3v) is 4.31. The van der Waals surface area contributed by atoms with E-state index in [0.717, 1.165) is 12.8 Å². The summed E-state index contributed by atoms with van der Waals surface area (Å²) in [6.45, 7) is 0. The molecule has 0 fully saturated rings. The van der Waals surface area contributed by atoms with Crippen molar-refractivity contribution in [2.45, 2.75) is 17.7 Å². The number of nitrogen functional groups attached to an aromatic ring is 1. The van der Waals surface area contributed by atoms with Crippen LogP contribution in [0.4, 0.5) is 10.1 Å². The fourth-order valence-electron chi connectivity index (χ4n) is 1.82. The highest BCUT2D eigenvalue weighted by Crippen LogP contribution is 2.16. The first-order valence-electron chi connectivity index (χ1n) is 6.14. The van der Waals surface area contributed by atoms with E-state index in [1.54, 1.807) is 6.07 Å². The smallest absolute Gasteiger partial charge is 0.147 e. The first kappa shape index (κ1) is 13.7. The quantitative estimate of drug-likeness (QED) is 0.853. The minimum absolute atomic E-state index is 0.0880. The fourth-order valence-corrected chi connectivity index (χ4v) is 2.92. The van der Waals surface area contributed by atoms with Crippen LogP contribution in [0.3, 0.4) is 0 Å². The summed E-state index contributed by atoms with van der Waals surface area (Å²) in [4.78, 5) is 0.500. The van der Waals surface area contributed by atoms with Gasteiger partial charge >= 0.3 is 0 Å². The Balaban J connectivity index is 1.89. The van der Waals surface area contributed by atoms with Gasteiger partial charge in [-0.3, -0.25) is 4.21 Å². The average Bonchev–Trinajstić information content (AvgIpc) is 2.43. The van der Waals surface area contributed by atoms with E-state index < -0.39 is 16.6 Å². The predicted octanol–water partition coefficient (Wildman–Crippen LogP) is 3.15. The number of anilines is 1. The Morgan fingerprint density at radius 3 is 2.53 bits per heavy atom. The molecule has 2 aromatic rings. The van der Waals surface area contributed by atoms with Crippen LogP contribution in [0, 0.1) is 5.82 Å². The van der Waals surface area contributed by atoms with Gasteiger partial charge in [-0.1, -0.05) is 30.3 Å². The molecule has 0 saturated heterocycles. The molecule has 1 atom stereocenters. The highest BCUT2D eigenvalue weighted by molar-refractivity contribution is 7.85. The van der Waals surface area contributed by atoms with Gasteiger partial charge in [-0.25, -0.2) is 4.39 Å². The van der Waals surface area contributed by atoms with E-state index in [0.29, 0.717) is 10.6 Å². The molecule has 1 unspecified atom stereocenters. The van der Waals surface area contributed by atoms with Gasteiger partial charge in [-0.2, -0.15) is 0 Å². The second kappa shape index (κ2) is 6.48. The predicted molar refractivity (Wildman–Crippen MR) is 76.9 cm³/mol. The van der Waals surface area contributed by atoms with Crippen LogP contribution in [0.25, 0.3) is 0 Å². The number of benzene rings is 2. The topological polar surface area (TPSA) is 43.1 Å². The molecule has 19 heavy (non-hydrogen) atoms. The molecule has 0 aliphatic heterocycles. The molecule has 2 rings (SSSR count). The lowest BCUT2D eigenvalue weighted by Gasteiger charge is -2.04. The minimum atomic E-state index is -1.17. The third kappa shape index (κ3) is 3.89. The maximum atomic E-state index is 13.3. The summed E-state index contributed by atoms with van der Waals surface area (Å²) < 4.78 is 25.3. The van der Waals surface area contributed by atoms with Crippen molar-refractivity contribution in [1.82, 2.24) is 0 Å². The lowest BCUT2D eigenvalue weighted by atomic mass is 10.1. The molecule has 4 heteroatoms. The van der Waals surface area contributed by atoms with Gasteiger partial charge in [0, 0.05) is 10.6 Å². The monoisotopic (exact) mass is 277 g/mol. The first-order valence-corrected chi connectivity index (χ1v) is 7.46. The lowest BCUT2D eigenvalue weighted by molar-refractivity contribution is 0.627. The minimum Gasteiger partial charge on any atom is -0.396 e. The number of hydrogen-bond donors (Lipinski definition) is 1. The Kier molecular flexibility index (Phi) is 4.68. The van der Waals surface area contributed by atoms with Gasteiger partial charge in [0.05, 0.1) is 16.5 Å². The molecule has 0 aliphatic carbocycles. The SMILES string of the molecule is Nc1ccc(S(=O)CCCc2ccccc2)cc1F. The summed E-state index contributed by atoms with van der Waals surface area (Å²) in [6, 6.07) is 14.4. The Bertz CT molecular complexity index is 572. The zero-order valence-corrected chi connectivity index (χ0v) is 11.3. The summed E-state index contributed by atoms with van der Waals surface area (Å²) in [5, 5.41) is 0. The molecular weight excluding hydrogens is 261 g/mol. The van der Waals surface area contributed by atoms with Gasteiger partial charge < -0.3 is 5.73 Å². The molecule has 0 heterocycles. The first-order chi connectivity index (χ1) is 9.16. The Labute approximate surface area is 114 Å². The van der Waals surface area contributed by atoms with E-state index in [4.69, 9.17) is 5.73 Å². The molecule has 0 amide bonds. The standard InChI is InChI=1S/C15H16FNOS/c16-14-11-13(8-9-15(14)17)19(18)10-4-7-12-5-2-1-3-6-12/h1-3,5-6,8-9,11H,4,7,10,17H2. The summed E-state index contributed by atoms with van der Waals surface area (Å²) in [7, 11) is -1.17. The van der Waals surface area contributed by atoms with Crippen molar-refractivity contribution in [1.29, 1.82) is 0 Å². The molecule has 100 valence electrons. The van der Waals surface area contributed by atoms with E-state index >= 15 is 0 Å². The molecule has 0 spiro atoms. The molecule has 0 aromatic heterocycles. The molecule has 0 radical (unpaired) electrons. The van der Waals surface area contributed by atoms with E-state index in [9.17, 15) is 8.60 Å². The van der Waals surface area contributed by atoms with Crippen molar-refractivity contribution in [2.24, 2.45) is 0 Å². The number of hydrogen-bond acceptors (Lipinski definition) is 2. The second-order valence-corrected chi connectivity index (χ2v) is 5.89. The molecule has 2 aromatic carbocycles. The van der Waals surface area contributed by atoms with E-state index in [-0.39, 0.29) is 5.69 Å². The summed E-state index contributed by atoms with van der Waals surface area (Å²) in [6.07, 6.45) is 1.69. The third-order valence-electron chi connectivity index (χ3n) is 2.87. The van der Waals surface area contributed by atoms with Crippen molar-refractivity contribution < 1.29 is 8.60 Å². The normalized spacial score (nSPS) is 12.3. The van der Waals surface area contributed by atoms with Gasteiger partial charge in [0.15, 0.2) is 0 Å². The zero-order chi connectivity index (χ0) is 13.7. The fraction of sp³-hybridized carbons (Fsp3) is 0.200. The maximum absolute atomic E-state index is 13.3. The Hall–Kier alpha value is -1.68. The van der Waals surface area contributed by atoms with Gasteiger partial charge in [0.1, 0.15) is 5.82 Å². The lowest BCUT2D eigenvalue weighted by Crippen LogP contribution is -2.01. The summed E-state index contributed by atoms with van der Waals surface area (Å²) in [5.41, 5.74) is 6.70. The van der Waals surface area contributed by atoms with Crippen LogP contribution in [0.2, 0.25) is 0 Å². The van der Waals surface area contributed by atoms with Gasteiger partial charge in [0.2, 0.25) is 0 Å². The van der Waals surface area contributed by atoms with E-state index in [2.05, 4.69) is 0 Å². The molecule has 0 bridgehead atoms. The molecule has 0 saturated carbocycles. The van der Waals surface area contributed by atoms with Gasteiger partial charge in [0.25, 0.3) is 0 Å². The van der Waals surface area contributed by atoms with Crippen molar-refractivity contribution in [3.05, 3.63) is 59.9 Å². The van der Waals surface area contributed by atoms with Crippen LogP contribution in [-0.4, -0.2) is 9.96 Å². The Morgan fingerprint density at radius 2 is 1.84 bits per heavy atom. The second-order valence-electron chi connectivity index (χ2n) is 4.32. The van der Waals surface area contributed by atoms with Crippen molar-refractivity contribution in [3.63, 3.8) is 0 Å². The average molecular weight is 277 g/mol. The number of halogens is 1. The molecule has 2 nitrogen and oxygen atoms in total. The van der Waals surface area contributed by atoms with Crippen LogP contribution in [-0.2, 0) is 17.2 Å². The van der Waals surface area contributed by atoms with Crippen LogP contribution in [0.1, 0.15) is 12.0 Å². The van der Waals surface area contributed by atoms with Gasteiger partial charge in [-0.15, -0.1) is 0 Å². The number of rotatable bonds is 5. The van der Waals surface area contributed by atoms with Crippen molar-refractivity contribution in [3.8, 4) is 0 Å². The van der Waals surface area contributed by atoms with Crippen LogP contribution in [0.15, 0.2) is 53.4 Å². The zero-order valence-electron chi connectivity index (χ0n) is 10.5. The molecule has 0 aliphatic rings. The van der Waals surface area contributed by atoms with Crippen LogP contribution in [0.5, 0.6) is 0 Å². The maximum Gasteiger partial charge on any atom is 0.147 e. The Morgan fingerprint density at radius 1 is 1.11 bits per heavy atom. The highest BCUT2D eigenvalue weighted by Gasteiger charge is 2.07. The van der Waals surface area contributed by atoms with Crippen LogP contribution < -0.4 is 5.73 Å². The largest absolute Gasteiger partial charge is 0.396 e. The van der Waals surface area contributed by atoms with E-state index in [1.165, 1.54) is 17.7 Å². The van der Waals surface area contributed by atoms with Gasteiger partial charge in [-0.05, 0) is 36.6 Å². The number of aryl methyl sites for hydroxylation is 1. The summed E-state index contributed by atoms with van der Waals surface area (Å²) in [5.74, 6) is 0.0204. The molecular formula is C15H16FNOS. The highest BCUT2D eigenvalue weighted by atomic mass is 32.2. The van der Waals surface area contributed by atoms with E-state index in [1.807, 2.05) is 30.3 Å². The van der Waals surface area contributed by atoms with Crippen molar-refractivity contribution in [2.75, 3.05) is 11.5 Å².